The van der Waals surface area contributed by atoms with Gasteiger partial charge in [0.1, 0.15) is 0 Å². The highest BCUT2D eigenvalue weighted by molar-refractivity contribution is 14.0. The van der Waals surface area contributed by atoms with Crippen molar-refractivity contribution in [2.24, 2.45) is 10.7 Å². The smallest absolute Gasteiger partial charge is 0.193 e. The van der Waals surface area contributed by atoms with Gasteiger partial charge in [-0.3, -0.25) is 4.99 Å². The van der Waals surface area contributed by atoms with Gasteiger partial charge in [-0.1, -0.05) is 12.1 Å². The lowest BCUT2D eigenvalue weighted by molar-refractivity contribution is 0.146. The number of nitrogens with two attached hydrogens (primary N) is 1. The van der Waals surface area contributed by atoms with Crippen LogP contribution in [-0.2, 0) is 17.6 Å². The van der Waals surface area contributed by atoms with E-state index in [1.165, 1.54) is 30.4 Å². The molecule has 4 nitrogen and oxygen atoms in total. The number of fused-ring (bicyclic) bond motifs is 1. The van der Waals surface area contributed by atoms with Crippen LogP contribution in [0.2, 0.25) is 0 Å². The van der Waals surface area contributed by atoms with E-state index in [4.69, 9.17) is 10.5 Å². The lowest BCUT2D eigenvalue weighted by Gasteiger charge is -2.08. The Morgan fingerprint density at radius 1 is 1.33 bits per heavy atom. The number of aryl methyl sites for hydroxylation is 2. The van der Waals surface area contributed by atoms with Gasteiger partial charge in [0.05, 0.1) is 19.8 Å². The first-order valence-electron chi connectivity index (χ1n) is 7.17. The molecule has 0 spiro atoms. The fourth-order valence-corrected chi connectivity index (χ4v) is 2.34. The van der Waals surface area contributed by atoms with E-state index < -0.39 is 0 Å². The Morgan fingerprint density at radius 2 is 2.14 bits per heavy atom. The topological polar surface area (TPSA) is 59.6 Å². The van der Waals surface area contributed by atoms with Crippen LogP contribution in [0.1, 0.15) is 24.0 Å². The van der Waals surface area contributed by atoms with E-state index in [0.717, 1.165) is 12.1 Å². The number of guanidine groups is 1. The van der Waals surface area contributed by atoms with E-state index in [1.54, 1.807) is 0 Å². The van der Waals surface area contributed by atoms with Crippen LogP contribution < -0.4 is 11.1 Å². The highest BCUT2D eigenvalue weighted by Crippen LogP contribution is 2.24. The van der Waals surface area contributed by atoms with Gasteiger partial charge in [0.2, 0.25) is 0 Å². The molecule has 5 heteroatoms. The Bertz CT molecular complexity index is 488. The second kappa shape index (κ2) is 9.78. The van der Waals surface area contributed by atoms with Crippen LogP contribution in [0.4, 0.5) is 5.69 Å². The number of hydrogen-bond acceptors (Lipinski definition) is 2. The first-order chi connectivity index (χ1) is 9.79. The Morgan fingerprint density at radius 3 is 2.95 bits per heavy atom. The summed E-state index contributed by atoms with van der Waals surface area (Å²) >= 11 is 0. The molecule has 0 fully saturated rings. The van der Waals surface area contributed by atoms with Gasteiger partial charge in [-0.2, -0.15) is 0 Å². The van der Waals surface area contributed by atoms with E-state index in [1.807, 2.05) is 6.08 Å². The summed E-state index contributed by atoms with van der Waals surface area (Å²) in [4.78, 5) is 4.24. The molecule has 0 saturated carbocycles. The zero-order valence-electron chi connectivity index (χ0n) is 12.3. The van der Waals surface area contributed by atoms with Crippen molar-refractivity contribution in [3.05, 3.63) is 42.0 Å². The van der Waals surface area contributed by atoms with Gasteiger partial charge < -0.3 is 15.8 Å². The second-order valence-corrected chi connectivity index (χ2v) is 4.92. The maximum atomic E-state index is 5.86. The van der Waals surface area contributed by atoms with Crippen molar-refractivity contribution in [1.82, 2.24) is 0 Å². The predicted molar refractivity (Wildman–Crippen MR) is 99.6 cm³/mol. The summed E-state index contributed by atoms with van der Waals surface area (Å²) in [7, 11) is 0. The maximum Gasteiger partial charge on any atom is 0.193 e. The van der Waals surface area contributed by atoms with Crippen molar-refractivity contribution >= 4 is 35.6 Å². The minimum Gasteiger partial charge on any atom is -0.379 e. The molecule has 0 radical (unpaired) electrons. The summed E-state index contributed by atoms with van der Waals surface area (Å²) < 4.78 is 5.37. The quantitative estimate of drug-likeness (QED) is 0.243. The van der Waals surface area contributed by atoms with Crippen molar-refractivity contribution in [2.45, 2.75) is 25.7 Å². The summed E-state index contributed by atoms with van der Waals surface area (Å²) in [6, 6.07) is 6.41. The van der Waals surface area contributed by atoms with Crippen LogP contribution in [-0.4, -0.2) is 25.7 Å². The largest absolute Gasteiger partial charge is 0.379 e. The minimum atomic E-state index is 0. The van der Waals surface area contributed by atoms with Crippen LogP contribution in [0.5, 0.6) is 0 Å². The molecular weight excluding hydrogens is 377 g/mol. The highest BCUT2D eigenvalue weighted by atomic mass is 127. The SMILES string of the molecule is C=CCCOCCN=C(N)Nc1ccc2c(c1)CCC2.I. The third kappa shape index (κ3) is 6.05. The molecule has 0 amide bonds. The molecule has 0 atom stereocenters. The summed E-state index contributed by atoms with van der Waals surface area (Å²) in [6.45, 7) is 5.49. The molecule has 1 aliphatic carbocycles. The van der Waals surface area contributed by atoms with E-state index in [0.29, 0.717) is 25.7 Å². The number of ether oxygens (including phenoxy) is 1. The van der Waals surface area contributed by atoms with Gasteiger partial charge in [-0.15, -0.1) is 30.6 Å². The summed E-state index contributed by atoms with van der Waals surface area (Å²) in [5.74, 6) is 0.440. The number of nitrogens with zero attached hydrogens (tertiary/aromatic N) is 1. The Kier molecular flexibility index (Phi) is 8.37. The van der Waals surface area contributed by atoms with Crippen LogP contribution in [0.3, 0.4) is 0 Å². The standard InChI is InChI=1S/C16H23N3O.HI/c1-2-3-10-20-11-9-18-16(17)19-15-8-7-13-5-4-6-14(13)12-15;/h2,7-8,12H,1,3-6,9-11H2,(H3,17,18,19);1H. The average Bonchev–Trinajstić information content (AvgIpc) is 2.90. The Labute approximate surface area is 143 Å². The van der Waals surface area contributed by atoms with Crippen LogP contribution >= 0.6 is 24.0 Å². The van der Waals surface area contributed by atoms with Gasteiger partial charge in [-0.25, -0.2) is 0 Å². The van der Waals surface area contributed by atoms with Gasteiger partial charge in [-0.05, 0) is 48.9 Å². The molecule has 21 heavy (non-hydrogen) atoms. The molecular formula is C16H24IN3O. The molecule has 0 aliphatic heterocycles. The Hall–Kier alpha value is -1.08. The third-order valence-corrected chi connectivity index (χ3v) is 3.35. The first-order valence-corrected chi connectivity index (χ1v) is 7.17. The molecule has 3 N–H and O–H groups in total. The van der Waals surface area contributed by atoms with Gasteiger partial charge in [0, 0.05) is 5.69 Å². The molecule has 1 aromatic carbocycles. The Balaban J connectivity index is 0.00000220. The minimum absolute atomic E-state index is 0. The lowest BCUT2D eigenvalue weighted by Crippen LogP contribution is -2.23. The lowest BCUT2D eigenvalue weighted by atomic mass is 10.1. The van der Waals surface area contributed by atoms with Crippen molar-refractivity contribution in [3.8, 4) is 0 Å². The first kappa shape index (κ1) is 18.0. The fraction of sp³-hybridized carbons (Fsp3) is 0.438. The highest BCUT2D eigenvalue weighted by Gasteiger charge is 2.10. The number of aliphatic imine (C=N–C) groups is 1. The molecule has 1 aliphatic rings. The van der Waals surface area contributed by atoms with Crippen molar-refractivity contribution in [1.29, 1.82) is 0 Å². The second-order valence-electron chi connectivity index (χ2n) is 4.92. The van der Waals surface area contributed by atoms with E-state index in [2.05, 4.69) is 35.1 Å². The monoisotopic (exact) mass is 401 g/mol. The van der Waals surface area contributed by atoms with Gasteiger partial charge in [0.25, 0.3) is 0 Å². The van der Waals surface area contributed by atoms with E-state index >= 15 is 0 Å². The zero-order valence-corrected chi connectivity index (χ0v) is 14.6. The molecule has 0 heterocycles. The summed E-state index contributed by atoms with van der Waals surface area (Å²) in [5, 5.41) is 3.13. The molecule has 0 bridgehead atoms. The number of nitrogens with one attached hydrogen (secondary N) is 1. The zero-order chi connectivity index (χ0) is 14.2. The number of halogens is 1. The average molecular weight is 401 g/mol. The normalized spacial score (nSPS) is 13.4. The fourth-order valence-electron chi connectivity index (χ4n) is 2.34. The molecule has 1 aromatic rings. The van der Waals surface area contributed by atoms with Crippen LogP contribution in [0.15, 0.2) is 35.8 Å². The number of anilines is 1. The maximum absolute atomic E-state index is 5.86. The van der Waals surface area contributed by atoms with Crippen LogP contribution in [0.25, 0.3) is 0 Å². The summed E-state index contributed by atoms with van der Waals surface area (Å²) in [5.41, 5.74) is 9.76. The molecule has 2 rings (SSSR count). The van der Waals surface area contributed by atoms with E-state index in [9.17, 15) is 0 Å². The molecule has 0 unspecified atom stereocenters. The third-order valence-electron chi connectivity index (χ3n) is 3.35. The van der Waals surface area contributed by atoms with E-state index in [-0.39, 0.29) is 24.0 Å². The molecule has 0 saturated heterocycles. The number of benzene rings is 1. The summed E-state index contributed by atoms with van der Waals surface area (Å²) in [6.07, 6.45) is 6.32. The van der Waals surface area contributed by atoms with Gasteiger partial charge >= 0.3 is 0 Å². The van der Waals surface area contributed by atoms with Crippen molar-refractivity contribution in [2.75, 3.05) is 25.1 Å². The molecule has 0 aromatic heterocycles. The molecule has 116 valence electrons. The predicted octanol–water partition coefficient (Wildman–Crippen LogP) is 3.11. The van der Waals surface area contributed by atoms with Crippen molar-refractivity contribution in [3.63, 3.8) is 0 Å². The van der Waals surface area contributed by atoms with Crippen molar-refractivity contribution < 1.29 is 4.74 Å². The van der Waals surface area contributed by atoms with Crippen LogP contribution in [0, 0.1) is 0 Å². The number of hydrogen-bond donors (Lipinski definition) is 2. The van der Waals surface area contributed by atoms with Gasteiger partial charge in [0.15, 0.2) is 5.96 Å². The number of rotatable bonds is 7.